The molecule has 0 spiro atoms. The van der Waals surface area contributed by atoms with Gasteiger partial charge in [0.05, 0.1) is 0 Å². The maximum Gasteiger partial charge on any atom is 0.276 e. The number of amides is 1. The minimum Gasteiger partial charge on any atom is -0.369 e. The molecule has 1 aromatic carbocycles. The normalized spacial score (nSPS) is 10.5. The van der Waals surface area contributed by atoms with E-state index in [0.29, 0.717) is 17.4 Å². The molecule has 1 amide bonds. The molecule has 0 atom stereocenters. The van der Waals surface area contributed by atoms with Gasteiger partial charge in [-0.15, -0.1) is 10.2 Å². The van der Waals surface area contributed by atoms with Crippen molar-refractivity contribution in [1.82, 2.24) is 10.2 Å². The molecule has 0 saturated heterocycles. The summed E-state index contributed by atoms with van der Waals surface area (Å²) in [4.78, 5) is 12.1. The van der Waals surface area contributed by atoms with Crippen LogP contribution in [-0.2, 0) is 0 Å². The van der Waals surface area contributed by atoms with E-state index < -0.39 is 0 Å². The topological polar surface area (TPSA) is 66.9 Å². The molecule has 1 heterocycles. The first-order chi connectivity index (χ1) is 10.1. The molecule has 2 aromatic rings. The zero-order valence-corrected chi connectivity index (χ0v) is 12.6. The van der Waals surface area contributed by atoms with Gasteiger partial charge in [-0.1, -0.05) is 26.0 Å². The summed E-state index contributed by atoms with van der Waals surface area (Å²) >= 11 is 0. The Hall–Kier alpha value is -2.43. The number of aromatic nitrogens is 2. The highest BCUT2D eigenvalue weighted by molar-refractivity contribution is 6.02. The van der Waals surface area contributed by atoms with Crippen molar-refractivity contribution in [2.75, 3.05) is 17.2 Å². The van der Waals surface area contributed by atoms with Gasteiger partial charge in [-0.25, -0.2) is 0 Å². The molecule has 21 heavy (non-hydrogen) atoms. The summed E-state index contributed by atoms with van der Waals surface area (Å²) in [5.74, 6) is 0.823. The summed E-state index contributed by atoms with van der Waals surface area (Å²) < 4.78 is 0. The van der Waals surface area contributed by atoms with E-state index in [1.54, 1.807) is 12.1 Å². The fourth-order valence-electron chi connectivity index (χ4n) is 1.90. The van der Waals surface area contributed by atoms with Gasteiger partial charge in [0.2, 0.25) is 0 Å². The Morgan fingerprint density at radius 2 is 2.00 bits per heavy atom. The van der Waals surface area contributed by atoms with Gasteiger partial charge in [-0.2, -0.15) is 0 Å². The van der Waals surface area contributed by atoms with E-state index >= 15 is 0 Å². The zero-order chi connectivity index (χ0) is 15.2. The van der Waals surface area contributed by atoms with Crippen LogP contribution in [-0.4, -0.2) is 22.6 Å². The van der Waals surface area contributed by atoms with Crippen LogP contribution in [0.25, 0.3) is 0 Å². The first-order valence-corrected chi connectivity index (χ1v) is 7.09. The van der Waals surface area contributed by atoms with E-state index in [9.17, 15) is 4.79 Å². The molecule has 0 fully saturated rings. The van der Waals surface area contributed by atoms with Crippen LogP contribution in [0.4, 0.5) is 11.5 Å². The monoisotopic (exact) mass is 284 g/mol. The van der Waals surface area contributed by atoms with Crippen molar-refractivity contribution in [2.24, 2.45) is 0 Å². The second-order valence-corrected chi connectivity index (χ2v) is 5.07. The van der Waals surface area contributed by atoms with Crippen LogP contribution < -0.4 is 10.6 Å². The molecular weight excluding hydrogens is 264 g/mol. The van der Waals surface area contributed by atoms with E-state index in [4.69, 9.17) is 0 Å². The number of hydrogen-bond donors (Lipinski definition) is 2. The van der Waals surface area contributed by atoms with Crippen molar-refractivity contribution < 1.29 is 4.79 Å². The Balaban J connectivity index is 2.08. The van der Waals surface area contributed by atoms with Crippen molar-refractivity contribution in [3.63, 3.8) is 0 Å². The first-order valence-electron chi connectivity index (χ1n) is 7.09. The molecule has 0 unspecified atom stereocenters. The Morgan fingerprint density at radius 3 is 2.62 bits per heavy atom. The molecule has 0 saturated carbocycles. The van der Waals surface area contributed by atoms with Crippen LogP contribution in [0.5, 0.6) is 0 Å². The highest BCUT2D eigenvalue weighted by atomic mass is 16.1. The lowest BCUT2D eigenvalue weighted by Gasteiger charge is -2.09. The summed E-state index contributed by atoms with van der Waals surface area (Å²) in [5.41, 5.74) is 2.25. The van der Waals surface area contributed by atoms with Crippen molar-refractivity contribution in [3.05, 3.63) is 47.7 Å². The van der Waals surface area contributed by atoms with E-state index in [2.05, 4.69) is 34.7 Å². The fraction of sp³-hybridized carbons (Fsp3) is 0.312. The molecule has 0 aliphatic heterocycles. The molecule has 2 N–H and O–H groups in total. The van der Waals surface area contributed by atoms with Crippen LogP contribution in [0.15, 0.2) is 36.4 Å². The molecule has 1 aromatic heterocycles. The molecule has 2 rings (SSSR count). The van der Waals surface area contributed by atoms with Gasteiger partial charge >= 0.3 is 0 Å². The van der Waals surface area contributed by atoms with Gasteiger partial charge in [0.1, 0.15) is 5.82 Å². The molecule has 0 radical (unpaired) electrons. The largest absolute Gasteiger partial charge is 0.369 e. The number of carbonyl (C=O) groups is 1. The second kappa shape index (κ2) is 6.83. The Bertz CT molecular complexity index is 608. The zero-order valence-electron chi connectivity index (χ0n) is 12.6. The fourth-order valence-corrected chi connectivity index (χ4v) is 1.90. The van der Waals surface area contributed by atoms with E-state index in [1.165, 1.54) is 5.56 Å². The summed E-state index contributed by atoms with van der Waals surface area (Å²) in [6.45, 7) is 6.98. The SMILES string of the molecule is CCNc1ccc(C(=O)Nc2cccc(C(C)C)c2)nn1. The summed E-state index contributed by atoms with van der Waals surface area (Å²) in [6.07, 6.45) is 0. The molecule has 0 aliphatic rings. The number of nitrogens with one attached hydrogen (secondary N) is 2. The third-order valence-corrected chi connectivity index (χ3v) is 3.07. The lowest BCUT2D eigenvalue weighted by Crippen LogP contribution is -2.15. The van der Waals surface area contributed by atoms with Crippen LogP contribution in [0.2, 0.25) is 0 Å². The number of benzene rings is 1. The summed E-state index contributed by atoms with van der Waals surface area (Å²) in [5, 5.41) is 13.8. The van der Waals surface area contributed by atoms with Gasteiger partial charge in [-0.05, 0) is 42.7 Å². The number of hydrogen-bond acceptors (Lipinski definition) is 4. The van der Waals surface area contributed by atoms with Crippen LogP contribution in [0.3, 0.4) is 0 Å². The van der Waals surface area contributed by atoms with E-state index in [0.717, 1.165) is 12.2 Å². The third-order valence-electron chi connectivity index (χ3n) is 3.07. The quantitative estimate of drug-likeness (QED) is 0.884. The van der Waals surface area contributed by atoms with Gasteiger partial charge in [0, 0.05) is 12.2 Å². The van der Waals surface area contributed by atoms with Crippen molar-refractivity contribution in [1.29, 1.82) is 0 Å². The van der Waals surface area contributed by atoms with Crippen LogP contribution >= 0.6 is 0 Å². The lowest BCUT2D eigenvalue weighted by molar-refractivity contribution is 0.102. The minimum absolute atomic E-state index is 0.258. The second-order valence-electron chi connectivity index (χ2n) is 5.07. The average molecular weight is 284 g/mol. The molecule has 0 aliphatic carbocycles. The maximum absolute atomic E-state index is 12.1. The first kappa shape index (κ1) is 15.0. The molecule has 0 bridgehead atoms. The molecule has 5 heteroatoms. The predicted octanol–water partition coefficient (Wildman–Crippen LogP) is 3.28. The highest BCUT2D eigenvalue weighted by Crippen LogP contribution is 2.18. The van der Waals surface area contributed by atoms with Crippen molar-refractivity contribution in [3.8, 4) is 0 Å². The number of carbonyl (C=O) groups excluding carboxylic acids is 1. The number of nitrogens with zero attached hydrogens (tertiary/aromatic N) is 2. The smallest absolute Gasteiger partial charge is 0.276 e. The van der Waals surface area contributed by atoms with Gasteiger partial charge in [0.15, 0.2) is 5.69 Å². The average Bonchev–Trinajstić information content (AvgIpc) is 2.48. The Labute approximate surface area is 124 Å². The van der Waals surface area contributed by atoms with E-state index in [1.807, 2.05) is 31.2 Å². The standard InChI is InChI=1S/C16H20N4O/c1-4-17-15-9-8-14(19-20-15)16(21)18-13-7-5-6-12(10-13)11(2)3/h5-11H,4H2,1-3H3,(H,17,20)(H,18,21). The summed E-state index contributed by atoms with van der Waals surface area (Å²) in [7, 11) is 0. The van der Waals surface area contributed by atoms with Crippen molar-refractivity contribution in [2.45, 2.75) is 26.7 Å². The molecular formula is C16H20N4O. The molecule has 110 valence electrons. The number of rotatable bonds is 5. The van der Waals surface area contributed by atoms with Crippen LogP contribution in [0.1, 0.15) is 42.7 Å². The summed E-state index contributed by atoms with van der Waals surface area (Å²) in [6, 6.07) is 11.2. The predicted molar refractivity (Wildman–Crippen MR) is 84.7 cm³/mol. The molecule has 5 nitrogen and oxygen atoms in total. The third kappa shape index (κ3) is 4.02. The number of anilines is 2. The van der Waals surface area contributed by atoms with Crippen molar-refractivity contribution >= 4 is 17.4 Å². The van der Waals surface area contributed by atoms with E-state index in [-0.39, 0.29) is 5.91 Å². The minimum atomic E-state index is -0.258. The highest BCUT2D eigenvalue weighted by Gasteiger charge is 2.09. The van der Waals surface area contributed by atoms with Gasteiger partial charge in [0.25, 0.3) is 5.91 Å². The maximum atomic E-state index is 12.1. The Morgan fingerprint density at radius 1 is 1.19 bits per heavy atom. The Kier molecular flexibility index (Phi) is 4.87. The van der Waals surface area contributed by atoms with Gasteiger partial charge in [-0.3, -0.25) is 4.79 Å². The van der Waals surface area contributed by atoms with Gasteiger partial charge < -0.3 is 10.6 Å². The van der Waals surface area contributed by atoms with Crippen LogP contribution in [0, 0.1) is 0 Å². The lowest BCUT2D eigenvalue weighted by atomic mass is 10.0.